The number of amides is 2. The SMILES string of the molecule is Cc1nc(NC(=O)C2CCCN(c3cc(-c4ccccc4)ncn3)C2)sc1C(=O)N(C)C. The fourth-order valence-electron chi connectivity index (χ4n) is 3.74. The second-order valence-corrected chi connectivity index (χ2v) is 9.03. The Morgan fingerprint density at radius 1 is 1.19 bits per heavy atom. The molecule has 0 radical (unpaired) electrons. The van der Waals surface area contributed by atoms with E-state index in [-0.39, 0.29) is 17.7 Å². The molecule has 2 aromatic heterocycles. The van der Waals surface area contributed by atoms with E-state index in [9.17, 15) is 9.59 Å². The van der Waals surface area contributed by atoms with Gasteiger partial charge in [-0.25, -0.2) is 15.0 Å². The minimum absolute atomic E-state index is 0.0790. The van der Waals surface area contributed by atoms with E-state index in [4.69, 9.17) is 0 Å². The van der Waals surface area contributed by atoms with Crippen LogP contribution in [0, 0.1) is 12.8 Å². The number of rotatable bonds is 5. The van der Waals surface area contributed by atoms with Gasteiger partial charge in [0, 0.05) is 38.8 Å². The molecule has 0 bridgehead atoms. The normalized spacial score (nSPS) is 16.0. The van der Waals surface area contributed by atoms with Crippen molar-refractivity contribution in [1.82, 2.24) is 19.9 Å². The molecule has 1 saturated heterocycles. The Hall–Kier alpha value is -3.33. The van der Waals surface area contributed by atoms with Gasteiger partial charge < -0.3 is 15.1 Å². The van der Waals surface area contributed by atoms with Gasteiger partial charge in [-0.1, -0.05) is 41.7 Å². The van der Waals surface area contributed by atoms with E-state index >= 15 is 0 Å². The summed E-state index contributed by atoms with van der Waals surface area (Å²) in [7, 11) is 3.40. The Morgan fingerprint density at radius 3 is 2.72 bits per heavy atom. The van der Waals surface area contributed by atoms with Crippen molar-refractivity contribution in [3.05, 3.63) is 53.3 Å². The van der Waals surface area contributed by atoms with Crippen molar-refractivity contribution in [1.29, 1.82) is 0 Å². The molecule has 166 valence electrons. The van der Waals surface area contributed by atoms with Gasteiger partial charge >= 0.3 is 0 Å². The lowest BCUT2D eigenvalue weighted by Gasteiger charge is -2.32. The van der Waals surface area contributed by atoms with Crippen molar-refractivity contribution in [3.8, 4) is 11.3 Å². The summed E-state index contributed by atoms with van der Waals surface area (Å²) in [6.07, 6.45) is 3.26. The van der Waals surface area contributed by atoms with Crippen molar-refractivity contribution in [2.45, 2.75) is 19.8 Å². The minimum atomic E-state index is -0.184. The summed E-state index contributed by atoms with van der Waals surface area (Å²) in [5, 5.41) is 3.38. The molecule has 3 heterocycles. The molecular weight excluding hydrogens is 424 g/mol. The van der Waals surface area contributed by atoms with Crippen LogP contribution >= 0.6 is 11.3 Å². The molecule has 1 fully saturated rings. The number of nitrogens with zero attached hydrogens (tertiary/aromatic N) is 5. The first-order chi connectivity index (χ1) is 15.4. The lowest BCUT2D eigenvalue weighted by atomic mass is 9.97. The summed E-state index contributed by atoms with van der Waals surface area (Å²) >= 11 is 1.22. The first-order valence-corrected chi connectivity index (χ1v) is 11.4. The molecule has 1 aromatic carbocycles. The van der Waals surface area contributed by atoms with E-state index in [1.54, 1.807) is 27.3 Å². The fraction of sp³-hybridized carbons (Fsp3) is 0.348. The van der Waals surface area contributed by atoms with Crippen molar-refractivity contribution in [3.63, 3.8) is 0 Å². The Bertz CT molecular complexity index is 1110. The van der Waals surface area contributed by atoms with Crippen LogP contribution in [-0.2, 0) is 4.79 Å². The van der Waals surface area contributed by atoms with Crippen LogP contribution in [0.2, 0.25) is 0 Å². The molecule has 9 heteroatoms. The molecule has 3 aromatic rings. The zero-order valence-corrected chi connectivity index (χ0v) is 19.2. The molecule has 1 atom stereocenters. The third kappa shape index (κ3) is 4.77. The Labute approximate surface area is 191 Å². The number of carbonyl (C=O) groups excluding carboxylic acids is 2. The van der Waals surface area contributed by atoms with Gasteiger partial charge in [0.15, 0.2) is 5.13 Å². The lowest BCUT2D eigenvalue weighted by molar-refractivity contribution is -0.120. The van der Waals surface area contributed by atoms with Gasteiger partial charge in [-0.15, -0.1) is 0 Å². The predicted molar refractivity (Wildman–Crippen MR) is 126 cm³/mol. The highest BCUT2D eigenvalue weighted by Gasteiger charge is 2.28. The number of nitrogens with one attached hydrogen (secondary N) is 1. The zero-order valence-electron chi connectivity index (χ0n) is 18.4. The number of hydrogen-bond donors (Lipinski definition) is 1. The van der Waals surface area contributed by atoms with Crippen LogP contribution in [0.5, 0.6) is 0 Å². The molecule has 1 unspecified atom stereocenters. The first-order valence-electron chi connectivity index (χ1n) is 10.5. The van der Waals surface area contributed by atoms with E-state index in [1.165, 1.54) is 16.2 Å². The predicted octanol–water partition coefficient (Wildman–Crippen LogP) is 3.47. The van der Waals surface area contributed by atoms with Crippen molar-refractivity contribution in [2.75, 3.05) is 37.4 Å². The second-order valence-electron chi connectivity index (χ2n) is 8.04. The Morgan fingerprint density at radius 2 is 1.97 bits per heavy atom. The maximum Gasteiger partial charge on any atom is 0.265 e. The summed E-state index contributed by atoms with van der Waals surface area (Å²) in [6, 6.07) is 11.9. The van der Waals surface area contributed by atoms with E-state index in [1.807, 2.05) is 36.4 Å². The van der Waals surface area contributed by atoms with Crippen LogP contribution in [0.25, 0.3) is 11.3 Å². The van der Waals surface area contributed by atoms with Gasteiger partial charge in [-0.3, -0.25) is 9.59 Å². The van der Waals surface area contributed by atoms with Gasteiger partial charge in [0.1, 0.15) is 17.0 Å². The second kappa shape index (κ2) is 9.44. The van der Waals surface area contributed by atoms with E-state index < -0.39 is 0 Å². The van der Waals surface area contributed by atoms with Gasteiger partial charge in [-0.2, -0.15) is 0 Å². The van der Waals surface area contributed by atoms with Crippen LogP contribution < -0.4 is 10.2 Å². The summed E-state index contributed by atoms with van der Waals surface area (Å²) in [6.45, 7) is 3.20. The number of aromatic nitrogens is 3. The molecular formula is C23H26N6O2S. The third-order valence-corrected chi connectivity index (χ3v) is 6.53. The van der Waals surface area contributed by atoms with E-state index in [2.05, 4.69) is 25.2 Å². The standard InChI is InChI=1S/C23H26N6O2S/c1-15-20(22(31)28(2)3)32-23(26-15)27-21(30)17-10-7-11-29(13-17)19-12-18(24-14-25-19)16-8-5-4-6-9-16/h4-6,8-9,12,14,17H,7,10-11,13H2,1-3H3,(H,26,27,30). The highest BCUT2D eigenvalue weighted by Crippen LogP contribution is 2.28. The van der Waals surface area contributed by atoms with Gasteiger partial charge in [0.2, 0.25) is 5.91 Å². The number of hydrogen-bond acceptors (Lipinski definition) is 7. The molecule has 2 amide bonds. The summed E-state index contributed by atoms with van der Waals surface area (Å²) in [5.41, 5.74) is 2.52. The first kappa shape index (κ1) is 21.9. The van der Waals surface area contributed by atoms with E-state index in [0.29, 0.717) is 22.2 Å². The molecule has 0 aliphatic carbocycles. The number of carbonyl (C=O) groups is 2. The topological polar surface area (TPSA) is 91.3 Å². The third-order valence-electron chi connectivity index (χ3n) is 5.47. The number of aryl methyl sites for hydroxylation is 1. The number of thiazole rings is 1. The maximum atomic E-state index is 13.0. The van der Waals surface area contributed by atoms with Crippen molar-refractivity contribution >= 4 is 34.1 Å². The Kier molecular flexibility index (Phi) is 6.45. The molecule has 1 N–H and O–H groups in total. The highest BCUT2D eigenvalue weighted by molar-refractivity contribution is 7.17. The number of piperidine rings is 1. The van der Waals surface area contributed by atoms with Crippen LogP contribution in [-0.4, -0.2) is 58.9 Å². The monoisotopic (exact) mass is 450 g/mol. The highest BCUT2D eigenvalue weighted by atomic mass is 32.1. The van der Waals surface area contributed by atoms with Crippen molar-refractivity contribution < 1.29 is 9.59 Å². The van der Waals surface area contributed by atoms with Crippen LogP contribution in [0.3, 0.4) is 0 Å². The van der Waals surface area contributed by atoms with Gasteiger partial charge in [0.25, 0.3) is 5.91 Å². The number of benzene rings is 1. The quantitative estimate of drug-likeness (QED) is 0.640. The lowest BCUT2D eigenvalue weighted by Crippen LogP contribution is -2.41. The summed E-state index contributed by atoms with van der Waals surface area (Å²) in [5.74, 6) is 0.448. The Balaban J connectivity index is 1.45. The van der Waals surface area contributed by atoms with E-state index in [0.717, 1.165) is 36.5 Å². The maximum absolute atomic E-state index is 13.0. The molecule has 0 spiro atoms. The zero-order chi connectivity index (χ0) is 22.7. The minimum Gasteiger partial charge on any atom is -0.356 e. The summed E-state index contributed by atoms with van der Waals surface area (Å²) < 4.78 is 0. The fourth-order valence-corrected chi connectivity index (χ4v) is 4.74. The smallest absolute Gasteiger partial charge is 0.265 e. The van der Waals surface area contributed by atoms with Gasteiger partial charge in [0.05, 0.1) is 17.3 Å². The van der Waals surface area contributed by atoms with Crippen LogP contribution in [0.1, 0.15) is 28.2 Å². The van der Waals surface area contributed by atoms with Crippen LogP contribution in [0.4, 0.5) is 10.9 Å². The van der Waals surface area contributed by atoms with Crippen LogP contribution in [0.15, 0.2) is 42.7 Å². The van der Waals surface area contributed by atoms with Gasteiger partial charge in [-0.05, 0) is 19.8 Å². The molecule has 8 nitrogen and oxygen atoms in total. The molecule has 32 heavy (non-hydrogen) atoms. The molecule has 1 aliphatic rings. The summed E-state index contributed by atoms with van der Waals surface area (Å²) in [4.78, 5) is 42.6. The average Bonchev–Trinajstić information content (AvgIpc) is 3.18. The molecule has 1 aliphatic heterocycles. The average molecular weight is 451 g/mol. The molecule has 4 rings (SSSR count). The number of anilines is 2. The largest absolute Gasteiger partial charge is 0.356 e. The van der Waals surface area contributed by atoms with Crippen molar-refractivity contribution in [2.24, 2.45) is 5.92 Å². The molecule has 0 saturated carbocycles.